The summed E-state index contributed by atoms with van der Waals surface area (Å²) in [6, 6.07) is 9.71. The largest absolute Gasteiger partial charge is 0.455 e. The van der Waals surface area contributed by atoms with Crippen LogP contribution in [0.25, 0.3) is 0 Å². The second-order valence-corrected chi connectivity index (χ2v) is 5.01. The molecule has 0 heterocycles. The second kappa shape index (κ2) is 5.77. The van der Waals surface area contributed by atoms with Gasteiger partial charge in [-0.05, 0) is 46.3 Å². The first-order valence-corrected chi connectivity index (χ1v) is 6.56. The maximum absolute atomic E-state index is 12.7. The predicted molar refractivity (Wildman–Crippen MR) is 76.7 cm³/mol. The first-order valence-electron chi connectivity index (χ1n) is 5.77. The number of benzene rings is 2. The fourth-order valence-electron chi connectivity index (χ4n) is 1.65. The van der Waals surface area contributed by atoms with E-state index in [-0.39, 0.29) is 11.3 Å². The maximum atomic E-state index is 12.7. The van der Waals surface area contributed by atoms with Crippen molar-refractivity contribution in [3.63, 3.8) is 0 Å². The summed E-state index contributed by atoms with van der Waals surface area (Å²) in [5, 5.41) is 7.42. The van der Waals surface area contributed by atoms with Crippen molar-refractivity contribution in [2.75, 3.05) is 0 Å². The van der Waals surface area contributed by atoms with E-state index < -0.39 is 17.6 Å². The molecular weight excluding hydrogens is 349 g/mol. The van der Waals surface area contributed by atoms with E-state index >= 15 is 0 Å². The third-order valence-electron chi connectivity index (χ3n) is 2.65. The van der Waals surface area contributed by atoms with Gasteiger partial charge in [0.05, 0.1) is 15.6 Å². The first-order chi connectivity index (χ1) is 9.79. The Hall–Kier alpha value is -2.02. The van der Waals surface area contributed by atoms with Crippen molar-refractivity contribution in [3.05, 3.63) is 58.1 Å². The molecule has 2 rings (SSSR count). The van der Waals surface area contributed by atoms with Gasteiger partial charge < -0.3 is 10.5 Å². The minimum absolute atomic E-state index is 0.0856. The fraction of sp³-hybridized carbons (Fsp3) is 0.0714. The van der Waals surface area contributed by atoms with Crippen molar-refractivity contribution in [1.29, 1.82) is 5.41 Å². The highest BCUT2D eigenvalue weighted by molar-refractivity contribution is 9.10. The van der Waals surface area contributed by atoms with Gasteiger partial charge in [0.2, 0.25) is 0 Å². The van der Waals surface area contributed by atoms with E-state index in [2.05, 4.69) is 15.9 Å². The zero-order chi connectivity index (χ0) is 15.6. The van der Waals surface area contributed by atoms with Crippen molar-refractivity contribution in [1.82, 2.24) is 0 Å². The monoisotopic (exact) mass is 358 g/mol. The number of para-hydroxylation sites is 1. The SMILES string of the molecule is N=C(N)c1cc(C(F)(F)F)ccc1Oc1ccccc1Br. The predicted octanol–water partition coefficient (Wildman–Crippen LogP) is 4.54. The Morgan fingerprint density at radius 2 is 1.76 bits per heavy atom. The summed E-state index contributed by atoms with van der Waals surface area (Å²) in [6.45, 7) is 0. The Balaban J connectivity index is 2.45. The number of amidine groups is 1. The number of nitrogens with one attached hydrogen (secondary N) is 1. The first kappa shape index (κ1) is 15.4. The molecule has 0 aliphatic heterocycles. The van der Waals surface area contributed by atoms with Crippen LogP contribution in [0.15, 0.2) is 46.9 Å². The zero-order valence-corrected chi connectivity index (χ0v) is 12.1. The molecule has 3 N–H and O–H groups in total. The van der Waals surface area contributed by atoms with Crippen LogP contribution in [0.1, 0.15) is 11.1 Å². The normalized spacial score (nSPS) is 11.2. The van der Waals surface area contributed by atoms with Gasteiger partial charge in [-0.3, -0.25) is 5.41 Å². The van der Waals surface area contributed by atoms with E-state index in [1.807, 2.05) is 0 Å². The lowest BCUT2D eigenvalue weighted by Crippen LogP contribution is -2.15. The number of nitrogen functional groups attached to an aromatic ring is 1. The number of alkyl halides is 3. The van der Waals surface area contributed by atoms with E-state index in [1.165, 1.54) is 0 Å². The van der Waals surface area contributed by atoms with Crippen LogP contribution < -0.4 is 10.5 Å². The minimum Gasteiger partial charge on any atom is -0.455 e. The van der Waals surface area contributed by atoms with Crippen LogP contribution in [0.5, 0.6) is 11.5 Å². The molecule has 2 aromatic rings. The van der Waals surface area contributed by atoms with Gasteiger partial charge in [0.25, 0.3) is 0 Å². The molecule has 110 valence electrons. The average Bonchev–Trinajstić information content (AvgIpc) is 2.40. The number of ether oxygens (including phenoxy) is 1. The Bertz CT molecular complexity index is 686. The highest BCUT2D eigenvalue weighted by Crippen LogP contribution is 2.35. The van der Waals surface area contributed by atoms with Gasteiger partial charge in [-0.15, -0.1) is 0 Å². The highest BCUT2D eigenvalue weighted by Gasteiger charge is 2.31. The molecule has 0 saturated heterocycles. The van der Waals surface area contributed by atoms with Crippen molar-refractivity contribution in [2.24, 2.45) is 5.73 Å². The molecule has 0 aromatic heterocycles. The molecule has 0 fully saturated rings. The Morgan fingerprint density at radius 3 is 2.33 bits per heavy atom. The third-order valence-corrected chi connectivity index (χ3v) is 3.31. The molecule has 3 nitrogen and oxygen atoms in total. The van der Waals surface area contributed by atoms with Crippen molar-refractivity contribution in [2.45, 2.75) is 6.18 Å². The maximum Gasteiger partial charge on any atom is 0.416 e. The topological polar surface area (TPSA) is 59.1 Å². The van der Waals surface area contributed by atoms with Gasteiger partial charge in [0.1, 0.15) is 17.3 Å². The van der Waals surface area contributed by atoms with Crippen molar-refractivity contribution < 1.29 is 17.9 Å². The van der Waals surface area contributed by atoms with E-state index in [0.717, 1.165) is 18.2 Å². The smallest absolute Gasteiger partial charge is 0.416 e. The quantitative estimate of drug-likeness (QED) is 0.624. The number of nitrogens with two attached hydrogens (primary N) is 1. The summed E-state index contributed by atoms with van der Waals surface area (Å²) in [5.74, 6) is 0.00492. The number of rotatable bonds is 3. The molecule has 21 heavy (non-hydrogen) atoms. The molecule has 0 bridgehead atoms. The number of halogens is 4. The molecule has 0 radical (unpaired) electrons. The summed E-state index contributed by atoms with van der Waals surface area (Å²) in [6.07, 6.45) is -4.50. The lowest BCUT2D eigenvalue weighted by Gasteiger charge is -2.14. The van der Waals surface area contributed by atoms with Crippen LogP contribution in [-0.2, 0) is 6.18 Å². The van der Waals surface area contributed by atoms with Gasteiger partial charge in [0.15, 0.2) is 0 Å². The van der Waals surface area contributed by atoms with E-state index in [1.54, 1.807) is 24.3 Å². The van der Waals surface area contributed by atoms with Crippen LogP contribution in [-0.4, -0.2) is 5.84 Å². The van der Waals surface area contributed by atoms with E-state index in [4.69, 9.17) is 15.9 Å². The van der Waals surface area contributed by atoms with Crippen LogP contribution in [0.3, 0.4) is 0 Å². The molecule has 0 aliphatic carbocycles. The standard InChI is InChI=1S/C14H10BrF3N2O/c15-10-3-1-2-4-12(10)21-11-6-5-8(14(16,17)18)7-9(11)13(19)20/h1-7H,(H3,19,20). The fourth-order valence-corrected chi connectivity index (χ4v) is 2.02. The highest BCUT2D eigenvalue weighted by atomic mass is 79.9. The third kappa shape index (κ3) is 3.55. The number of hydrogen-bond acceptors (Lipinski definition) is 2. The average molecular weight is 359 g/mol. The Morgan fingerprint density at radius 1 is 1.10 bits per heavy atom. The Kier molecular flexibility index (Phi) is 4.22. The van der Waals surface area contributed by atoms with E-state index in [0.29, 0.717) is 10.2 Å². The summed E-state index contributed by atoms with van der Waals surface area (Å²) >= 11 is 3.27. The van der Waals surface area contributed by atoms with Gasteiger partial charge in [-0.25, -0.2) is 0 Å². The minimum atomic E-state index is -4.50. The van der Waals surface area contributed by atoms with Gasteiger partial charge in [-0.2, -0.15) is 13.2 Å². The molecule has 0 saturated carbocycles. The molecular formula is C14H10BrF3N2O. The van der Waals surface area contributed by atoms with Crippen LogP contribution in [0.4, 0.5) is 13.2 Å². The lowest BCUT2D eigenvalue weighted by molar-refractivity contribution is -0.137. The molecule has 0 atom stereocenters. The van der Waals surface area contributed by atoms with Gasteiger partial charge in [-0.1, -0.05) is 12.1 Å². The van der Waals surface area contributed by atoms with Crippen molar-refractivity contribution >= 4 is 21.8 Å². The van der Waals surface area contributed by atoms with Crippen LogP contribution in [0, 0.1) is 5.41 Å². The summed E-state index contributed by atoms with van der Waals surface area (Å²) in [5.41, 5.74) is 4.35. The second-order valence-electron chi connectivity index (χ2n) is 4.15. The molecule has 0 aliphatic rings. The van der Waals surface area contributed by atoms with Crippen LogP contribution in [0.2, 0.25) is 0 Å². The molecule has 0 spiro atoms. The van der Waals surface area contributed by atoms with Gasteiger partial charge in [0, 0.05) is 0 Å². The molecule has 2 aromatic carbocycles. The molecule has 0 unspecified atom stereocenters. The summed E-state index contributed by atoms with van der Waals surface area (Å²) in [4.78, 5) is 0. The van der Waals surface area contributed by atoms with E-state index in [9.17, 15) is 13.2 Å². The van der Waals surface area contributed by atoms with Crippen LogP contribution >= 0.6 is 15.9 Å². The van der Waals surface area contributed by atoms with Crippen molar-refractivity contribution in [3.8, 4) is 11.5 Å². The number of hydrogen-bond donors (Lipinski definition) is 2. The molecule has 0 amide bonds. The summed E-state index contributed by atoms with van der Waals surface area (Å²) in [7, 11) is 0. The zero-order valence-electron chi connectivity index (χ0n) is 10.5. The molecule has 7 heteroatoms. The lowest BCUT2D eigenvalue weighted by atomic mass is 10.1. The summed E-state index contributed by atoms with van der Waals surface area (Å²) < 4.78 is 44.3. The van der Waals surface area contributed by atoms with Gasteiger partial charge >= 0.3 is 6.18 Å². The Labute approximate surface area is 127 Å².